The number of rotatable bonds is 4. The molecule has 1 aromatic carbocycles. The van der Waals surface area contributed by atoms with Crippen LogP contribution in [0.3, 0.4) is 0 Å². The largest absolute Gasteiger partial charge is 0.348 e. The maximum Gasteiger partial charge on any atom is 0.251 e. The van der Waals surface area contributed by atoms with Gasteiger partial charge in [-0.1, -0.05) is 40.5 Å². The van der Waals surface area contributed by atoms with Crippen LogP contribution in [0, 0.1) is 6.92 Å². The highest BCUT2D eigenvalue weighted by Crippen LogP contribution is 2.04. The molecule has 0 aromatic heterocycles. The lowest BCUT2D eigenvalue weighted by atomic mass is 10.1. The summed E-state index contributed by atoms with van der Waals surface area (Å²) < 4.78 is 0. The summed E-state index contributed by atoms with van der Waals surface area (Å²) in [6.07, 6.45) is 0.933. The summed E-state index contributed by atoms with van der Waals surface area (Å²) in [7, 11) is 0. The molecular weight excluding hydrogens is 254 g/mol. The second-order valence-electron chi connectivity index (χ2n) is 3.60. The zero-order valence-electron chi connectivity index (χ0n) is 9.09. The van der Waals surface area contributed by atoms with Crippen molar-refractivity contribution in [3.8, 4) is 0 Å². The Balaban J connectivity index is 2.64. The van der Waals surface area contributed by atoms with Gasteiger partial charge in [0.25, 0.3) is 5.91 Å². The minimum Gasteiger partial charge on any atom is -0.348 e. The first-order valence-corrected chi connectivity index (χ1v) is 6.23. The maximum absolute atomic E-state index is 11.8. The van der Waals surface area contributed by atoms with Crippen LogP contribution in [-0.4, -0.2) is 17.3 Å². The van der Waals surface area contributed by atoms with E-state index in [-0.39, 0.29) is 11.9 Å². The highest BCUT2D eigenvalue weighted by Gasteiger charge is 2.10. The first-order valence-electron chi connectivity index (χ1n) is 5.11. The van der Waals surface area contributed by atoms with Gasteiger partial charge in [-0.05, 0) is 25.5 Å². The second-order valence-corrected chi connectivity index (χ2v) is 4.25. The van der Waals surface area contributed by atoms with Crippen LogP contribution in [0.4, 0.5) is 0 Å². The van der Waals surface area contributed by atoms with Gasteiger partial charge in [0.05, 0.1) is 0 Å². The van der Waals surface area contributed by atoms with E-state index in [1.807, 2.05) is 31.2 Å². The minimum absolute atomic E-state index is 0.00120. The van der Waals surface area contributed by atoms with Crippen LogP contribution in [0.2, 0.25) is 0 Å². The lowest BCUT2D eigenvalue weighted by Crippen LogP contribution is -2.35. The Hall–Kier alpha value is -0.830. The summed E-state index contributed by atoms with van der Waals surface area (Å²) in [5.74, 6) is 0.00120. The smallest absolute Gasteiger partial charge is 0.251 e. The maximum atomic E-state index is 11.8. The van der Waals surface area contributed by atoms with Crippen molar-refractivity contribution >= 4 is 21.8 Å². The van der Waals surface area contributed by atoms with E-state index in [1.54, 1.807) is 0 Å². The fourth-order valence-corrected chi connectivity index (χ4v) is 1.84. The Labute approximate surface area is 99.2 Å². The highest BCUT2D eigenvalue weighted by molar-refractivity contribution is 9.09. The van der Waals surface area contributed by atoms with Crippen LogP contribution in [0.1, 0.15) is 29.3 Å². The predicted molar refractivity (Wildman–Crippen MR) is 66.5 cm³/mol. The molecule has 0 heterocycles. The van der Waals surface area contributed by atoms with Gasteiger partial charge in [0.1, 0.15) is 0 Å². The monoisotopic (exact) mass is 269 g/mol. The fourth-order valence-electron chi connectivity index (χ4n) is 1.22. The number of nitrogens with one attached hydrogen (secondary N) is 1. The molecule has 1 atom stereocenters. The number of hydrogen-bond donors (Lipinski definition) is 1. The van der Waals surface area contributed by atoms with Crippen molar-refractivity contribution in [2.75, 3.05) is 5.33 Å². The predicted octanol–water partition coefficient (Wildman–Crippen LogP) is 2.90. The molecule has 2 nitrogen and oxygen atoms in total. The molecule has 0 aliphatic heterocycles. The van der Waals surface area contributed by atoms with Gasteiger partial charge in [-0.15, -0.1) is 0 Å². The van der Waals surface area contributed by atoms with Gasteiger partial charge >= 0.3 is 0 Å². The minimum atomic E-state index is 0.00120. The van der Waals surface area contributed by atoms with Crippen LogP contribution in [0.25, 0.3) is 0 Å². The standard InChI is InChI=1S/C12H16BrNO/c1-3-11(8-13)14-12(15)10-6-4-9(2)5-7-10/h4-7,11H,3,8H2,1-2H3,(H,14,15). The number of carbonyl (C=O) groups excluding carboxylic acids is 1. The molecule has 0 spiro atoms. The molecule has 1 unspecified atom stereocenters. The lowest BCUT2D eigenvalue weighted by molar-refractivity contribution is 0.0940. The van der Waals surface area contributed by atoms with Gasteiger partial charge in [-0.25, -0.2) is 0 Å². The number of hydrogen-bond acceptors (Lipinski definition) is 1. The molecule has 0 saturated heterocycles. The van der Waals surface area contributed by atoms with E-state index in [2.05, 4.69) is 28.2 Å². The van der Waals surface area contributed by atoms with Crippen LogP contribution in [-0.2, 0) is 0 Å². The number of alkyl halides is 1. The molecule has 3 heteroatoms. The molecule has 1 N–H and O–H groups in total. The van der Waals surface area contributed by atoms with Crippen LogP contribution in [0.5, 0.6) is 0 Å². The first-order chi connectivity index (χ1) is 7.17. The summed E-state index contributed by atoms with van der Waals surface area (Å²) in [4.78, 5) is 11.8. The average Bonchev–Trinajstić information content (AvgIpc) is 2.26. The van der Waals surface area contributed by atoms with Crippen LogP contribution in [0.15, 0.2) is 24.3 Å². The Bertz CT molecular complexity index is 317. The third-order valence-corrected chi connectivity index (χ3v) is 3.11. The SMILES string of the molecule is CCC(CBr)NC(=O)c1ccc(C)cc1. The molecule has 0 aliphatic rings. The Morgan fingerprint density at radius 2 is 2.00 bits per heavy atom. The summed E-state index contributed by atoms with van der Waals surface area (Å²) in [6, 6.07) is 7.81. The molecule has 0 aliphatic carbocycles. The molecule has 0 saturated carbocycles. The van der Waals surface area contributed by atoms with Crippen molar-refractivity contribution in [3.63, 3.8) is 0 Å². The van der Waals surface area contributed by atoms with Gasteiger partial charge in [0.15, 0.2) is 0 Å². The third kappa shape index (κ3) is 3.67. The van der Waals surface area contributed by atoms with Gasteiger partial charge < -0.3 is 5.32 Å². The van der Waals surface area contributed by atoms with Gasteiger partial charge in [0, 0.05) is 16.9 Å². The number of aryl methyl sites for hydroxylation is 1. The van der Waals surface area contributed by atoms with E-state index in [0.717, 1.165) is 17.3 Å². The molecular formula is C12H16BrNO. The van der Waals surface area contributed by atoms with Crippen molar-refractivity contribution in [2.45, 2.75) is 26.3 Å². The quantitative estimate of drug-likeness (QED) is 0.837. The van der Waals surface area contributed by atoms with Crippen molar-refractivity contribution in [1.82, 2.24) is 5.32 Å². The number of benzene rings is 1. The molecule has 0 radical (unpaired) electrons. The van der Waals surface area contributed by atoms with Gasteiger partial charge in [0.2, 0.25) is 0 Å². The van der Waals surface area contributed by atoms with E-state index >= 15 is 0 Å². The molecule has 1 rings (SSSR count). The topological polar surface area (TPSA) is 29.1 Å². The number of carbonyl (C=O) groups is 1. The second kappa shape index (κ2) is 5.91. The highest BCUT2D eigenvalue weighted by atomic mass is 79.9. The van der Waals surface area contributed by atoms with Gasteiger partial charge in [-0.3, -0.25) is 4.79 Å². The van der Waals surface area contributed by atoms with E-state index in [4.69, 9.17) is 0 Å². The zero-order chi connectivity index (χ0) is 11.3. The van der Waals surface area contributed by atoms with E-state index in [0.29, 0.717) is 0 Å². The summed E-state index contributed by atoms with van der Waals surface area (Å²) in [5, 5.41) is 3.76. The van der Waals surface area contributed by atoms with Crippen molar-refractivity contribution in [1.29, 1.82) is 0 Å². The normalized spacial score (nSPS) is 12.2. The summed E-state index contributed by atoms with van der Waals surface area (Å²) in [5.41, 5.74) is 1.89. The van der Waals surface area contributed by atoms with Crippen LogP contribution < -0.4 is 5.32 Å². The van der Waals surface area contributed by atoms with Crippen molar-refractivity contribution in [3.05, 3.63) is 35.4 Å². The molecule has 1 aromatic rings. The van der Waals surface area contributed by atoms with E-state index < -0.39 is 0 Å². The third-order valence-electron chi connectivity index (χ3n) is 2.33. The van der Waals surface area contributed by atoms with Crippen molar-refractivity contribution < 1.29 is 4.79 Å². The zero-order valence-corrected chi connectivity index (χ0v) is 10.7. The summed E-state index contributed by atoms with van der Waals surface area (Å²) >= 11 is 3.37. The Morgan fingerprint density at radius 3 is 2.47 bits per heavy atom. The molecule has 1 amide bonds. The summed E-state index contributed by atoms with van der Waals surface area (Å²) in [6.45, 7) is 4.07. The van der Waals surface area contributed by atoms with E-state index in [1.165, 1.54) is 5.56 Å². The first kappa shape index (κ1) is 12.2. The van der Waals surface area contributed by atoms with Gasteiger partial charge in [-0.2, -0.15) is 0 Å². The molecule has 0 bridgehead atoms. The lowest BCUT2D eigenvalue weighted by Gasteiger charge is -2.13. The molecule has 15 heavy (non-hydrogen) atoms. The number of halogens is 1. The molecule has 0 fully saturated rings. The number of amides is 1. The Morgan fingerprint density at radius 1 is 1.40 bits per heavy atom. The van der Waals surface area contributed by atoms with Crippen LogP contribution >= 0.6 is 15.9 Å². The molecule has 82 valence electrons. The van der Waals surface area contributed by atoms with Crippen molar-refractivity contribution in [2.24, 2.45) is 0 Å². The Kier molecular flexibility index (Phi) is 4.82. The average molecular weight is 270 g/mol. The fraction of sp³-hybridized carbons (Fsp3) is 0.417. The van der Waals surface area contributed by atoms with E-state index in [9.17, 15) is 4.79 Å².